The van der Waals surface area contributed by atoms with Gasteiger partial charge in [0.05, 0.1) is 16.7 Å². The molecule has 0 aliphatic rings. The summed E-state index contributed by atoms with van der Waals surface area (Å²) in [6.45, 7) is 0.588. The van der Waals surface area contributed by atoms with Crippen LogP contribution in [0.1, 0.15) is 5.76 Å². The quantitative estimate of drug-likeness (QED) is 0.603. The first-order chi connectivity index (χ1) is 10.1. The Hall–Kier alpha value is -1.73. The zero-order valence-electron chi connectivity index (χ0n) is 10.7. The number of hydrogen-bond donors (Lipinski definition) is 3. The third-order valence-electron chi connectivity index (χ3n) is 2.95. The first-order valence-electron chi connectivity index (χ1n) is 6.17. The van der Waals surface area contributed by atoms with E-state index in [0.29, 0.717) is 11.2 Å². The number of H-pyrrole nitrogens is 2. The number of nitrogens with one attached hydrogen (secondary N) is 3. The van der Waals surface area contributed by atoms with Crippen LogP contribution in [0.3, 0.4) is 0 Å². The zero-order valence-corrected chi connectivity index (χ0v) is 13.9. The molecule has 0 amide bonds. The van der Waals surface area contributed by atoms with Crippen molar-refractivity contribution in [1.82, 2.24) is 10.2 Å². The lowest BCUT2D eigenvalue weighted by Gasteiger charge is -2.05. The van der Waals surface area contributed by atoms with E-state index in [0.717, 1.165) is 27.2 Å². The summed E-state index contributed by atoms with van der Waals surface area (Å²) in [5.74, 6) is 0.827. The molecule has 7 heteroatoms. The van der Waals surface area contributed by atoms with Crippen LogP contribution in [0.15, 0.2) is 54.8 Å². The molecule has 108 valence electrons. The Bertz CT molecular complexity index is 783. The molecule has 2 heterocycles. The second-order valence-electron chi connectivity index (χ2n) is 4.44. The highest BCUT2D eigenvalue weighted by Gasteiger charge is 2.06. The molecular weight excluding hydrogens is 402 g/mol. The first-order valence-corrected chi connectivity index (χ1v) is 7.76. The molecule has 0 spiro atoms. The molecule has 0 atom stereocenters. The molecule has 3 N–H and O–H groups in total. The smallest absolute Gasteiger partial charge is 0.264 e. The maximum Gasteiger partial charge on any atom is 0.264 e. The number of furan rings is 1. The molecule has 0 saturated heterocycles. The number of aromatic nitrogens is 2. The van der Waals surface area contributed by atoms with Crippen molar-refractivity contribution in [2.45, 2.75) is 6.54 Å². The van der Waals surface area contributed by atoms with Gasteiger partial charge >= 0.3 is 0 Å². The van der Waals surface area contributed by atoms with Crippen LogP contribution >= 0.6 is 31.9 Å². The Kier molecular flexibility index (Phi) is 4.03. The van der Waals surface area contributed by atoms with Crippen molar-refractivity contribution in [3.05, 3.63) is 61.7 Å². The molecule has 0 bridgehead atoms. The average Bonchev–Trinajstić information content (AvgIpc) is 3.04. The maximum absolute atomic E-state index is 11.1. The molecule has 2 aromatic heterocycles. The van der Waals surface area contributed by atoms with Gasteiger partial charge in [-0.05, 0) is 55.6 Å². The van der Waals surface area contributed by atoms with E-state index in [4.69, 9.17) is 4.42 Å². The predicted molar refractivity (Wildman–Crippen MR) is 88.3 cm³/mol. The van der Waals surface area contributed by atoms with E-state index < -0.39 is 0 Å². The van der Waals surface area contributed by atoms with Gasteiger partial charge < -0.3 is 9.73 Å². The minimum atomic E-state index is -0.138. The third-order valence-corrected chi connectivity index (χ3v) is 4.66. The van der Waals surface area contributed by atoms with Crippen LogP contribution in [-0.2, 0) is 6.54 Å². The van der Waals surface area contributed by atoms with Crippen LogP contribution in [0, 0.1) is 0 Å². The van der Waals surface area contributed by atoms with E-state index >= 15 is 0 Å². The van der Waals surface area contributed by atoms with Gasteiger partial charge in [-0.25, -0.2) is 0 Å². The number of rotatable bonds is 4. The number of hydrogen-bond acceptors (Lipinski definition) is 3. The van der Waals surface area contributed by atoms with Gasteiger partial charge in [0.15, 0.2) is 4.67 Å². The summed E-state index contributed by atoms with van der Waals surface area (Å²) in [6.07, 6.45) is 0. The lowest BCUT2D eigenvalue weighted by molar-refractivity contribution is 0.494. The molecule has 0 radical (unpaired) electrons. The van der Waals surface area contributed by atoms with Crippen LogP contribution in [-0.4, -0.2) is 10.2 Å². The number of anilines is 1. The lowest BCUT2D eigenvalue weighted by Crippen LogP contribution is -1.97. The van der Waals surface area contributed by atoms with Crippen molar-refractivity contribution in [1.29, 1.82) is 0 Å². The van der Waals surface area contributed by atoms with Crippen molar-refractivity contribution in [3.8, 4) is 11.3 Å². The molecule has 1 aromatic carbocycles. The summed E-state index contributed by atoms with van der Waals surface area (Å²) < 4.78 is 7.08. The molecule has 0 fully saturated rings. The van der Waals surface area contributed by atoms with Gasteiger partial charge in [0.2, 0.25) is 0 Å². The number of aromatic amines is 2. The summed E-state index contributed by atoms with van der Waals surface area (Å²) in [5.41, 5.74) is 2.55. The highest BCUT2D eigenvalue weighted by molar-refractivity contribution is 9.13. The monoisotopic (exact) mass is 411 g/mol. The fourth-order valence-corrected chi connectivity index (χ4v) is 2.58. The minimum absolute atomic E-state index is 0.138. The highest BCUT2D eigenvalue weighted by Crippen LogP contribution is 2.27. The van der Waals surface area contributed by atoms with E-state index in [1.165, 1.54) is 6.07 Å². The van der Waals surface area contributed by atoms with Crippen LogP contribution in [0.25, 0.3) is 11.3 Å². The van der Waals surface area contributed by atoms with Crippen molar-refractivity contribution in [3.63, 3.8) is 0 Å². The summed E-state index contributed by atoms with van der Waals surface area (Å²) in [5, 5.41) is 8.61. The fourth-order valence-electron chi connectivity index (χ4n) is 1.92. The second kappa shape index (κ2) is 5.95. The van der Waals surface area contributed by atoms with E-state index in [9.17, 15) is 4.79 Å². The van der Waals surface area contributed by atoms with Gasteiger partial charge in [-0.3, -0.25) is 15.0 Å². The van der Waals surface area contributed by atoms with E-state index in [1.54, 1.807) is 0 Å². The van der Waals surface area contributed by atoms with Gasteiger partial charge in [0.25, 0.3) is 5.56 Å². The van der Waals surface area contributed by atoms with Crippen molar-refractivity contribution in [2.75, 3.05) is 5.32 Å². The first kappa shape index (κ1) is 14.2. The van der Waals surface area contributed by atoms with Crippen molar-refractivity contribution in [2.24, 2.45) is 0 Å². The molecule has 3 rings (SSSR count). The van der Waals surface area contributed by atoms with Crippen LogP contribution in [0.5, 0.6) is 0 Å². The normalized spacial score (nSPS) is 10.8. The van der Waals surface area contributed by atoms with Gasteiger partial charge in [-0.2, -0.15) is 0 Å². The Morgan fingerprint density at radius 3 is 2.43 bits per heavy atom. The van der Waals surface area contributed by atoms with Crippen LogP contribution in [0.2, 0.25) is 0 Å². The minimum Gasteiger partial charge on any atom is -0.451 e. The third kappa shape index (κ3) is 3.30. The summed E-state index contributed by atoms with van der Waals surface area (Å²) >= 11 is 6.69. The van der Waals surface area contributed by atoms with Gasteiger partial charge in [-0.15, -0.1) is 0 Å². The Balaban J connectivity index is 1.68. The largest absolute Gasteiger partial charge is 0.451 e. The van der Waals surface area contributed by atoms with Gasteiger partial charge in [0.1, 0.15) is 5.76 Å². The van der Waals surface area contributed by atoms with Crippen molar-refractivity contribution >= 4 is 37.5 Å². The second-order valence-corrected chi connectivity index (χ2v) is 6.01. The van der Waals surface area contributed by atoms with Gasteiger partial charge in [-0.1, -0.05) is 12.1 Å². The molecule has 0 saturated carbocycles. The van der Waals surface area contributed by atoms with Crippen LogP contribution < -0.4 is 10.9 Å². The van der Waals surface area contributed by atoms with E-state index in [-0.39, 0.29) is 5.56 Å². The molecule has 0 aliphatic heterocycles. The predicted octanol–water partition coefficient (Wildman–Crippen LogP) is 4.10. The summed E-state index contributed by atoms with van der Waals surface area (Å²) in [7, 11) is 0. The van der Waals surface area contributed by atoms with Crippen molar-refractivity contribution < 1.29 is 4.42 Å². The molecule has 21 heavy (non-hydrogen) atoms. The topological polar surface area (TPSA) is 73.8 Å². The summed E-state index contributed by atoms with van der Waals surface area (Å²) in [4.78, 5) is 11.1. The summed E-state index contributed by atoms with van der Waals surface area (Å²) in [6, 6.07) is 11.2. The number of benzene rings is 1. The van der Waals surface area contributed by atoms with Gasteiger partial charge in [0, 0.05) is 11.8 Å². The van der Waals surface area contributed by atoms with Crippen LogP contribution in [0.4, 0.5) is 5.69 Å². The Morgan fingerprint density at radius 1 is 1.10 bits per heavy atom. The molecule has 5 nitrogen and oxygen atoms in total. The molecule has 0 aliphatic carbocycles. The molecule has 0 unspecified atom stereocenters. The molecular formula is C14H11Br2N3O2. The zero-order chi connectivity index (χ0) is 14.8. The average molecular weight is 413 g/mol. The maximum atomic E-state index is 11.1. The molecule has 3 aromatic rings. The number of halogens is 2. The fraction of sp³-hybridized carbons (Fsp3) is 0.0714. The van der Waals surface area contributed by atoms with E-state index in [1.807, 2.05) is 30.3 Å². The standard InChI is InChI=1S/C14H11Br2N3O2/c15-11-5-10(21-14(11)16)7-17-9-3-1-8(2-4-9)12-6-13(20)19-18-12/h1-6,17H,7H2,(H2,18,19,20). The highest BCUT2D eigenvalue weighted by atomic mass is 79.9. The Morgan fingerprint density at radius 2 is 1.86 bits per heavy atom. The Labute approximate surface area is 137 Å². The SMILES string of the molecule is O=c1cc(-c2ccc(NCc3cc(Br)c(Br)o3)cc2)[nH][nH]1. The lowest BCUT2D eigenvalue weighted by atomic mass is 10.1. The van der Waals surface area contributed by atoms with E-state index in [2.05, 4.69) is 47.4 Å².